The molecule has 43 heavy (non-hydrogen) atoms. The molecule has 8 nitrogen and oxygen atoms in total. The number of aliphatic carboxylic acids is 1. The fourth-order valence-corrected chi connectivity index (χ4v) is 4.62. The van der Waals surface area contributed by atoms with Crippen molar-refractivity contribution in [1.29, 1.82) is 0 Å². The SMILES string of the molecule is C=CC(=O)N(CCCOc1ccc(C[C@H](Nc2ccccc2C(=O)c2ccccc2)C(=O)O)cc1)c1ccccc1OC. The van der Waals surface area contributed by atoms with E-state index in [9.17, 15) is 19.5 Å². The van der Waals surface area contributed by atoms with Crippen molar-refractivity contribution in [2.75, 3.05) is 30.5 Å². The summed E-state index contributed by atoms with van der Waals surface area (Å²) < 4.78 is 11.3. The van der Waals surface area contributed by atoms with E-state index in [1.165, 1.54) is 6.08 Å². The van der Waals surface area contributed by atoms with E-state index in [4.69, 9.17) is 9.47 Å². The third-order valence-electron chi connectivity index (χ3n) is 6.81. The van der Waals surface area contributed by atoms with Crippen molar-refractivity contribution in [3.63, 3.8) is 0 Å². The standard InChI is InChI=1S/C35H34N2O6/c1-3-33(38)37(31-16-9-10-17-32(31)42-2)22-11-23-43-27-20-18-25(19-21-27)24-30(35(40)41)36-29-15-8-7-14-28(29)34(39)26-12-5-4-6-13-26/h3-10,12-21,30,36H,1,11,22-24H2,2H3,(H,40,41)/t30-/m0/s1. The predicted molar refractivity (Wildman–Crippen MR) is 167 cm³/mol. The second-order valence-corrected chi connectivity index (χ2v) is 9.69. The Morgan fingerprint density at radius 1 is 0.907 bits per heavy atom. The highest BCUT2D eigenvalue weighted by atomic mass is 16.5. The van der Waals surface area contributed by atoms with Gasteiger partial charge in [-0.15, -0.1) is 0 Å². The molecular weight excluding hydrogens is 544 g/mol. The lowest BCUT2D eigenvalue weighted by Gasteiger charge is -2.23. The number of carboxylic acid groups (broad SMARTS) is 1. The van der Waals surface area contributed by atoms with Gasteiger partial charge >= 0.3 is 5.97 Å². The zero-order chi connectivity index (χ0) is 30.6. The van der Waals surface area contributed by atoms with E-state index in [0.717, 1.165) is 5.56 Å². The van der Waals surface area contributed by atoms with Crippen LogP contribution in [0, 0.1) is 0 Å². The Kier molecular flexibility index (Phi) is 10.7. The van der Waals surface area contributed by atoms with Crippen LogP contribution < -0.4 is 19.7 Å². The molecule has 1 amide bonds. The summed E-state index contributed by atoms with van der Waals surface area (Å²) in [6.07, 6.45) is 2.03. The molecule has 4 aromatic carbocycles. The fraction of sp³-hybridized carbons (Fsp3) is 0.171. The van der Waals surface area contributed by atoms with Crippen LogP contribution in [0.2, 0.25) is 0 Å². The number of methoxy groups -OCH3 is 1. The number of nitrogens with one attached hydrogen (secondary N) is 1. The van der Waals surface area contributed by atoms with Gasteiger partial charge in [-0.1, -0.05) is 73.3 Å². The molecule has 220 valence electrons. The molecule has 4 rings (SSSR count). The normalized spacial score (nSPS) is 11.2. The number of ether oxygens (including phenoxy) is 2. The highest BCUT2D eigenvalue weighted by Crippen LogP contribution is 2.28. The lowest BCUT2D eigenvalue weighted by Crippen LogP contribution is -2.32. The van der Waals surface area contributed by atoms with Gasteiger partial charge in [0.05, 0.1) is 19.4 Å². The second kappa shape index (κ2) is 15.0. The van der Waals surface area contributed by atoms with Gasteiger partial charge in [0.1, 0.15) is 17.5 Å². The smallest absolute Gasteiger partial charge is 0.326 e. The maximum atomic E-state index is 13.1. The lowest BCUT2D eigenvalue weighted by molar-refractivity contribution is -0.137. The number of anilines is 2. The molecule has 8 heteroatoms. The van der Waals surface area contributed by atoms with Crippen LogP contribution in [0.15, 0.2) is 116 Å². The van der Waals surface area contributed by atoms with E-state index in [1.54, 1.807) is 78.7 Å². The molecule has 0 radical (unpaired) electrons. The highest BCUT2D eigenvalue weighted by Gasteiger charge is 2.21. The van der Waals surface area contributed by atoms with Gasteiger partial charge in [-0.3, -0.25) is 9.59 Å². The minimum atomic E-state index is -1.03. The van der Waals surface area contributed by atoms with Gasteiger partial charge in [0.15, 0.2) is 5.78 Å². The molecule has 4 aromatic rings. The molecule has 0 aliphatic carbocycles. The first kappa shape index (κ1) is 30.6. The Bertz CT molecular complexity index is 1550. The number of carbonyl (C=O) groups is 3. The summed E-state index contributed by atoms with van der Waals surface area (Å²) in [6, 6.07) is 29.3. The summed E-state index contributed by atoms with van der Waals surface area (Å²) in [6.45, 7) is 4.37. The Morgan fingerprint density at radius 2 is 1.58 bits per heavy atom. The number of nitrogens with zero attached hydrogens (tertiary/aromatic N) is 1. The third-order valence-corrected chi connectivity index (χ3v) is 6.81. The Labute approximate surface area is 251 Å². The zero-order valence-electron chi connectivity index (χ0n) is 23.9. The number of rotatable bonds is 15. The van der Waals surface area contributed by atoms with Gasteiger partial charge in [0.25, 0.3) is 0 Å². The molecule has 2 N–H and O–H groups in total. The average Bonchev–Trinajstić information content (AvgIpc) is 3.05. The van der Waals surface area contributed by atoms with Crippen LogP contribution in [0.5, 0.6) is 11.5 Å². The van der Waals surface area contributed by atoms with E-state index in [1.807, 2.05) is 36.4 Å². The number of benzene rings is 4. The first-order valence-corrected chi connectivity index (χ1v) is 13.9. The van der Waals surface area contributed by atoms with Crippen LogP contribution in [0.3, 0.4) is 0 Å². The molecule has 0 aromatic heterocycles. The molecule has 0 saturated carbocycles. The first-order valence-electron chi connectivity index (χ1n) is 13.9. The second-order valence-electron chi connectivity index (χ2n) is 9.69. The molecule has 0 aliphatic rings. The van der Waals surface area contributed by atoms with Crippen molar-refractivity contribution in [1.82, 2.24) is 0 Å². The summed E-state index contributed by atoms with van der Waals surface area (Å²) >= 11 is 0. The molecule has 0 bridgehead atoms. The number of para-hydroxylation sites is 3. The Balaban J connectivity index is 1.35. The molecule has 0 spiro atoms. The van der Waals surface area contributed by atoms with E-state index < -0.39 is 12.0 Å². The molecule has 0 fully saturated rings. The number of carbonyl (C=O) groups excluding carboxylic acids is 2. The topological polar surface area (TPSA) is 105 Å². The number of amides is 1. The van der Waals surface area contributed by atoms with E-state index in [2.05, 4.69) is 11.9 Å². The van der Waals surface area contributed by atoms with Crippen molar-refractivity contribution < 1.29 is 29.0 Å². The summed E-state index contributed by atoms with van der Waals surface area (Å²) in [7, 11) is 1.56. The van der Waals surface area contributed by atoms with E-state index in [-0.39, 0.29) is 18.1 Å². The molecule has 0 unspecified atom stereocenters. The monoisotopic (exact) mass is 578 g/mol. The molecule has 0 aliphatic heterocycles. The summed E-state index contributed by atoms with van der Waals surface area (Å²) in [5.74, 6) is -0.233. The van der Waals surface area contributed by atoms with Crippen molar-refractivity contribution >= 4 is 29.0 Å². The number of hydrogen-bond acceptors (Lipinski definition) is 6. The highest BCUT2D eigenvalue weighted by molar-refractivity contribution is 6.12. The average molecular weight is 579 g/mol. The molecule has 1 atom stereocenters. The van der Waals surface area contributed by atoms with Crippen LogP contribution in [0.1, 0.15) is 27.9 Å². The van der Waals surface area contributed by atoms with Crippen molar-refractivity contribution in [3.05, 3.63) is 132 Å². The van der Waals surface area contributed by atoms with Crippen LogP contribution in [0.25, 0.3) is 0 Å². The third kappa shape index (κ3) is 8.10. The van der Waals surface area contributed by atoms with Gasteiger partial charge in [0, 0.05) is 29.8 Å². The van der Waals surface area contributed by atoms with Crippen molar-refractivity contribution in [2.24, 2.45) is 0 Å². The quantitative estimate of drug-likeness (QED) is 0.101. The zero-order valence-corrected chi connectivity index (χ0v) is 23.9. The van der Waals surface area contributed by atoms with Crippen LogP contribution >= 0.6 is 0 Å². The maximum Gasteiger partial charge on any atom is 0.326 e. The minimum absolute atomic E-state index is 0.186. The van der Waals surface area contributed by atoms with Crippen molar-refractivity contribution in [2.45, 2.75) is 18.9 Å². The number of hydrogen-bond donors (Lipinski definition) is 2. The van der Waals surface area contributed by atoms with Crippen LogP contribution in [-0.4, -0.2) is 49.1 Å². The van der Waals surface area contributed by atoms with Gasteiger partial charge in [-0.05, 0) is 54.5 Å². The van der Waals surface area contributed by atoms with E-state index in [0.29, 0.717) is 53.6 Å². The predicted octanol–water partition coefficient (Wildman–Crippen LogP) is 6.02. The summed E-state index contributed by atoms with van der Waals surface area (Å²) in [4.78, 5) is 39.3. The minimum Gasteiger partial charge on any atom is -0.495 e. The Morgan fingerprint density at radius 3 is 2.28 bits per heavy atom. The summed E-state index contributed by atoms with van der Waals surface area (Å²) in [5, 5.41) is 13.0. The largest absolute Gasteiger partial charge is 0.495 e. The van der Waals surface area contributed by atoms with Crippen LogP contribution in [0.4, 0.5) is 11.4 Å². The van der Waals surface area contributed by atoms with Gasteiger partial charge < -0.3 is 24.8 Å². The maximum absolute atomic E-state index is 13.1. The molecule has 0 heterocycles. The van der Waals surface area contributed by atoms with Crippen molar-refractivity contribution in [3.8, 4) is 11.5 Å². The summed E-state index contributed by atoms with van der Waals surface area (Å²) in [5.41, 5.74) is 2.84. The van der Waals surface area contributed by atoms with Gasteiger partial charge in [0.2, 0.25) is 5.91 Å². The number of carboxylic acids is 1. The van der Waals surface area contributed by atoms with Gasteiger partial charge in [-0.2, -0.15) is 0 Å². The van der Waals surface area contributed by atoms with Gasteiger partial charge in [-0.25, -0.2) is 4.79 Å². The first-order chi connectivity index (χ1) is 20.9. The van der Waals surface area contributed by atoms with E-state index >= 15 is 0 Å². The lowest BCUT2D eigenvalue weighted by atomic mass is 10.00. The Hall–Kier alpha value is -5.37. The molecule has 0 saturated heterocycles. The molecular formula is C35H34N2O6. The number of ketones is 1. The fourth-order valence-electron chi connectivity index (χ4n) is 4.62. The van der Waals surface area contributed by atoms with Crippen LogP contribution in [-0.2, 0) is 16.0 Å².